The molecule has 0 radical (unpaired) electrons. The van der Waals surface area contributed by atoms with Crippen LogP contribution in [0.25, 0.3) is 0 Å². The van der Waals surface area contributed by atoms with Crippen LogP contribution in [0.15, 0.2) is 36.0 Å². The average Bonchev–Trinajstić information content (AvgIpc) is 2.67. The molecule has 0 spiro atoms. The molecular formula is C21H27N3O5. The zero-order valence-electron chi connectivity index (χ0n) is 16.8. The lowest BCUT2D eigenvalue weighted by Crippen LogP contribution is -2.42. The van der Waals surface area contributed by atoms with Gasteiger partial charge in [-0.15, -0.1) is 0 Å². The van der Waals surface area contributed by atoms with Crippen molar-refractivity contribution in [3.05, 3.63) is 41.6 Å². The third kappa shape index (κ3) is 5.80. The van der Waals surface area contributed by atoms with Gasteiger partial charge in [-0.1, -0.05) is 6.42 Å². The second-order valence-electron chi connectivity index (χ2n) is 7.62. The Bertz CT molecular complexity index is 773. The van der Waals surface area contributed by atoms with E-state index >= 15 is 0 Å². The van der Waals surface area contributed by atoms with Crippen LogP contribution in [0, 0.1) is 0 Å². The summed E-state index contributed by atoms with van der Waals surface area (Å²) < 4.78 is 10.1. The standard InChI is InChI=1S/C21H27N3O5/c1-21(2)28-19(26)17(20(27)29-21)14-23-16-8-6-15(7-9-16)18(25)22-10-13-24-11-4-3-5-12-24/h6-9,14,23H,3-5,10-13H2,1-2H3,(H,22,25). The van der Waals surface area contributed by atoms with Gasteiger partial charge in [-0.3, -0.25) is 4.79 Å². The number of likely N-dealkylation sites (tertiary alicyclic amines) is 1. The number of nitrogens with one attached hydrogen (secondary N) is 2. The van der Waals surface area contributed by atoms with Crippen molar-refractivity contribution in [1.29, 1.82) is 0 Å². The minimum atomic E-state index is -1.27. The molecule has 0 atom stereocenters. The molecule has 8 heteroatoms. The Morgan fingerprint density at radius 3 is 2.31 bits per heavy atom. The minimum Gasteiger partial charge on any atom is -0.419 e. The maximum absolute atomic E-state index is 12.3. The zero-order chi connectivity index (χ0) is 20.9. The summed E-state index contributed by atoms with van der Waals surface area (Å²) in [5.74, 6) is -2.89. The van der Waals surface area contributed by atoms with Crippen LogP contribution in [0.4, 0.5) is 5.69 Å². The summed E-state index contributed by atoms with van der Waals surface area (Å²) in [7, 11) is 0. The fourth-order valence-corrected chi connectivity index (χ4v) is 3.26. The summed E-state index contributed by atoms with van der Waals surface area (Å²) in [6.07, 6.45) is 4.99. The predicted octanol–water partition coefficient (Wildman–Crippen LogP) is 2.03. The average molecular weight is 401 g/mol. The number of piperidine rings is 1. The number of ether oxygens (including phenoxy) is 2. The van der Waals surface area contributed by atoms with Crippen LogP contribution in [0.3, 0.4) is 0 Å². The molecule has 2 aliphatic heterocycles. The number of benzene rings is 1. The maximum Gasteiger partial charge on any atom is 0.350 e. The maximum atomic E-state index is 12.3. The Morgan fingerprint density at radius 2 is 1.69 bits per heavy atom. The molecule has 0 aromatic heterocycles. The van der Waals surface area contributed by atoms with Gasteiger partial charge in [0.15, 0.2) is 5.57 Å². The Morgan fingerprint density at radius 1 is 1.07 bits per heavy atom. The van der Waals surface area contributed by atoms with Gasteiger partial charge in [-0.25, -0.2) is 9.59 Å². The lowest BCUT2D eigenvalue weighted by atomic mass is 10.1. The second kappa shape index (κ2) is 9.09. The molecule has 156 valence electrons. The number of amides is 1. The van der Waals surface area contributed by atoms with Crippen LogP contribution in [0.1, 0.15) is 43.5 Å². The Kier molecular flexibility index (Phi) is 6.53. The lowest BCUT2D eigenvalue weighted by Gasteiger charge is -2.29. The number of carbonyl (C=O) groups excluding carboxylic acids is 3. The smallest absolute Gasteiger partial charge is 0.350 e. The van der Waals surface area contributed by atoms with Gasteiger partial charge >= 0.3 is 11.9 Å². The van der Waals surface area contributed by atoms with Crippen LogP contribution in [-0.4, -0.2) is 54.7 Å². The number of cyclic esters (lactones) is 2. The molecule has 2 heterocycles. The first kappa shape index (κ1) is 20.9. The highest BCUT2D eigenvalue weighted by molar-refractivity contribution is 6.15. The summed E-state index contributed by atoms with van der Waals surface area (Å²) >= 11 is 0. The molecule has 0 bridgehead atoms. The van der Waals surface area contributed by atoms with E-state index in [4.69, 9.17) is 9.47 Å². The highest BCUT2D eigenvalue weighted by atomic mass is 16.7. The van der Waals surface area contributed by atoms with Crippen molar-refractivity contribution in [3.8, 4) is 0 Å². The van der Waals surface area contributed by atoms with E-state index in [0.717, 1.165) is 19.6 Å². The molecule has 0 unspecified atom stereocenters. The van der Waals surface area contributed by atoms with Crippen molar-refractivity contribution in [2.24, 2.45) is 0 Å². The van der Waals surface area contributed by atoms with Gasteiger partial charge in [0.05, 0.1) is 0 Å². The second-order valence-corrected chi connectivity index (χ2v) is 7.62. The van der Waals surface area contributed by atoms with Crippen molar-refractivity contribution < 1.29 is 23.9 Å². The van der Waals surface area contributed by atoms with E-state index in [1.807, 2.05) is 0 Å². The van der Waals surface area contributed by atoms with Gasteiger partial charge in [0, 0.05) is 44.4 Å². The largest absolute Gasteiger partial charge is 0.419 e. The fraction of sp³-hybridized carbons (Fsp3) is 0.476. The van der Waals surface area contributed by atoms with E-state index in [9.17, 15) is 14.4 Å². The zero-order valence-corrected chi connectivity index (χ0v) is 16.8. The summed E-state index contributed by atoms with van der Waals surface area (Å²) in [6, 6.07) is 6.75. The van der Waals surface area contributed by atoms with E-state index in [2.05, 4.69) is 15.5 Å². The highest BCUT2D eigenvalue weighted by Gasteiger charge is 2.38. The van der Waals surface area contributed by atoms with Gasteiger partial charge in [0.25, 0.3) is 11.7 Å². The minimum absolute atomic E-state index is 0.131. The molecule has 3 rings (SSSR count). The third-order valence-electron chi connectivity index (χ3n) is 4.81. The summed E-state index contributed by atoms with van der Waals surface area (Å²) in [5.41, 5.74) is 0.941. The number of hydrogen-bond donors (Lipinski definition) is 2. The van der Waals surface area contributed by atoms with Crippen molar-refractivity contribution in [2.45, 2.75) is 38.9 Å². The van der Waals surface area contributed by atoms with Gasteiger partial charge in [-0.05, 0) is 50.2 Å². The van der Waals surface area contributed by atoms with Crippen LogP contribution < -0.4 is 10.6 Å². The molecule has 0 aliphatic carbocycles. The summed E-state index contributed by atoms with van der Waals surface area (Å²) in [5, 5.41) is 5.79. The molecule has 2 aliphatic rings. The third-order valence-corrected chi connectivity index (χ3v) is 4.81. The first-order chi connectivity index (χ1) is 13.8. The molecule has 1 amide bonds. The van der Waals surface area contributed by atoms with E-state index < -0.39 is 17.7 Å². The number of rotatable bonds is 6. The molecule has 8 nitrogen and oxygen atoms in total. The summed E-state index contributed by atoms with van der Waals surface area (Å²) in [6.45, 7) is 6.66. The number of hydrogen-bond acceptors (Lipinski definition) is 7. The molecule has 2 fully saturated rings. The first-order valence-electron chi connectivity index (χ1n) is 9.88. The van der Waals surface area contributed by atoms with Crippen molar-refractivity contribution in [2.75, 3.05) is 31.5 Å². The lowest BCUT2D eigenvalue weighted by molar-refractivity contribution is -0.222. The Balaban J connectivity index is 1.50. The SMILES string of the molecule is CC1(C)OC(=O)C(=CNc2ccc(C(=O)NCCN3CCCCC3)cc2)C(=O)O1. The molecule has 2 N–H and O–H groups in total. The normalized spacial score (nSPS) is 19.2. The topological polar surface area (TPSA) is 97.0 Å². The van der Waals surface area contributed by atoms with Crippen molar-refractivity contribution in [1.82, 2.24) is 10.2 Å². The predicted molar refractivity (Wildman–Crippen MR) is 107 cm³/mol. The molecule has 1 aromatic carbocycles. The molecule has 0 saturated carbocycles. The molecule has 2 saturated heterocycles. The summed E-state index contributed by atoms with van der Waals surface area (Å²) in [4.78, 5) is 38.5. The number of anilines is 1. The van der Waals surface area contributed by atoms with E-state index in [1.54, 1.807) is 24.3 Å². The Hall–Kier alpha value is -2.87. The molecular weight excluding hydrogens is 374 g/mol. The molecule has 1 aromatic rings. The number of carbonyl (C=O) groups is 3. The molecule has 29 heavy (non-hydrogen) atoms. The van der Waals surface area contributed by atoms with E-state index in [-0.39, 0.29) is 11.5 Å². The van der Waals surface area contributed by atoms with Gasteiger partial charge < -0.3 is 25.0 Å². The van der Waals surface area contributed by atoms with Gasteiger partial charge in [0.1, 0.15) is 0 Å². The first-order valence-corrected chi connectivity index (χ1v) is 9.88. The quantitative estimate of drug-likeness (QED) is 0.428. The highest BCUT2D eigenvalue weighted by Crippen LogP contribution is 2.22. The number of esters is 2. The van der Waals surface area contributed by atoms with Crippen LogP contribution in [-0.2, 0) is 19.1 Å². The van der Waals surface area contributed by atoms with E-state index in [1.165, 1.54) is 39.3 Å². The van der Waals surface area contributed by atoms with Crippen LogP contribution in [0.2, 0.25) is 0 Å². The van der Waals surface area contributed by atoms with Gasteiger partial charge in [-0.2, -0.15) is 0 Å². The fourth-order valence-electron chi connectivity index (χ4n) is 3.26. The van der Waals surface area contributed by atoms with Crippen LogP contribution in [0.5, 0.6) is 0 Å². The van der Waals surface area contributed by atoms with Crippen molar-refractivity contribution in [3.63, 3.8) is 0 Å². The monoisotopic (exact) mass is 401 g/mol. The van der Waals surface area contributed by atoms with E-state index in [0.29, 0.717) is 17.8 Å². The number of nitrogens with zero attached hydrogens (tertiary/aromatic N) is 1. The van der Waals surface area contributed by atoms with Gasteiger partial charge in [0.2, 0.25) is 0 Å². The van der Waals surface area contributed by atoms with Crippen molar-refractivity contribution >= 4 is 23.5 Å². The van der Waals surface area contributed by atoms with Crippen LogP contribution >= 0.6 is 0 Å². The Labute approximate surface area is 170 Å².